The highest BCUT2D eigenvalue weighted by Gasteiger charge is 2.53. The predicted octanol–water partition coefficient (Wildman–Crippen LogP) is -0.821. The molecule has 1 saturated heterocycles. The number of carboxylic acid groups (broad SMARTS) is 1. The van der Waals surface area contributed by atoms with Crippen LogP contribution in [-0.2, 0) is 9.59 Å². The maximum atomic E-state index is 12.0. The summed E-state index contributed by atoms with van der Waals surface area (Å²) in [6.07, 6.45) is 0.688. The van der Waals surface area contributed by atoms with Gasteiger partial charge in [-0.3, -0.25) is 9.59 Å². The molecule has 0 aromatic heterocycles. The Balaban J connectivity index is 2.99. The number of nitrogens with zero attached hydrogens (tertiary/aromatic N) is 4. The molecule has 0 spiro atoms. The molecule has 1 amide bonds. The SMILES string of the molecule is C[C@H](N)C(=O)N1C[C@H](CCCB(O)O)[C@](N=[N+]=[N-])(C(=O)O)C1. The van der Waals surface area contributed by atoms with Crippen LogP contribution in [0, 0.1) is 5.92 Å². The van der Waals surface area contributed by atoms with Gasteiger partial charge in [-0.1, -0.05) is 11.5 Å². The van der Waals surface area contributed by atoms with Crippen molar-refractivity contribution in [3.05, 3.63) is 10.4 Å². The zero-order chi connectivity index (χ0) is 16.9. The molecule has 1 aliphatic rings. The molecule has 0 saturated carbocycles. The number of carboxylic acids is 1. The van der Waals surface area contributed by atoms with E-state index in [-0.39, 0.29) is 25.8 Å². The summed E-state index contributed by atoms with van der Waals surface area (Å²) in [5.74, 6) is -2.33. The largest absolute Gasteiger partial charge is 0.481 e. The van der Waals surface area contributed by atoms with Gasteiger partial charge in [-0.05, 0) is 25.2 Å². The zero-order valence-corrected chi connectivity index (χ0v) is 12.3. The molecule has 0 aromatic carbocycles. The molecule has 1 fully saturated rings. The molecule has 0 aromatic rings. The maximum absolute atomic E-state index is 12.0. The molecular weight excluding hydrogens is 293 g/mol. The Morgan fingerprint density at radius 1 is 1.59 bits per heavy atom. The van der Waals surface area contributed by atoms with Gasteiger partial charge in [0.2, 0.25) is 5.91 Å². The molecular formula is C11H20BN5O5. The smallest absolute Gasteiger partial charge is 0.451 e. The third-order valence-electron chi connectivity index (χ3n) is 3.86. The predicted molar refractivity (Wildman–Crippen MR) is 77.5 cm³/mol. The molecule has 10 nitrogen and oxygen atoms in total. The lowest BCUT2D eigenvalue weighted by molar-refractivity contribution is -0.144. The number of hydrogen-bond acceptors (Lipinski definition) is 6. The van der Waals surface area contributed by atoms with E-state index in [4.69, 9.17) is 21.3 Å². The van der Waals surface area contributed by atoms with Gasteiger partial charge in [-0.25, -0.2) is 0 Å². The third kappa shape index (κ3) is 3.89. The second-order valence-electron chi connectivity index (χ2n) is 5.53. The Morgan fingerprint density at radius 2 is 2.23 bits per heavy atom. The lowest BCUT2D eigenvalue weighted by atomic mass is 9.78. The fourth-order valence-electron chi connectivity index (χ4n) is 2.71. The first-order valence-corrected chi connectivity index (χ1v) is 6.94. The van der Waals surface area contributed by atoms with Crippen LogP contribution in [0.3, 0.4) is 0 Å². The standard InChI is InChI=1S/C11H20BN5O5/c1-7(13)9(18)17-5-8(3-2-4-12(21)22)11(6-17,10(19)20)15-16-14/h7-8,21-22H,2-6,13H2,1H3,(H,19,20)/t7-,8-,11-/m0/s1. The van der Waals surface area contributed by atoms with Crippen molar-refractivity contribution in [2.45, 2.75) is 37.7 Å². The zero-order valence-electron chi connectivity index (χ0n) is 12.3. The fourth-order valence-corrected chi connectivity index (χ4v) is 2.71. The molecule has 0 radical (unpaired) electrons. The second-order valence-corrected chi connectivity index (χ2v) is 5.53. The molecule has 1 rings (SSSR count). The van der Waals surface area contributed by atoms with E-state index in [0.717, 1.165) is 0 Å². The third-order valence-corrected chi connectivity index (χ3v) is 3.86. The van der Waals surface area contributed by atoms with Crippen molar-refractivity contribution in [3.8, 4) is 0 Å². The van der Waals surface area contributed by atoms with Gasteiger partial charge in [-0.15, -0.1) is 0 Å². The molecule has 11 heteroatoms. The van der Waals surface area contributed by atoms with E-state index in [9.17, 15) is 14.7 Å². The Morgan fingerprint density at radius 3 is 2.68 bits per heavy atom. The first-order valence-electron chi connectivity index (χ1n) is 6.94. The number of hydrogen-bond donors (Lipinski definition) is 4. The van der Waals surface area contributed by atoms with E-state index in [1.165, 1.54) is 11.8 Å². The molecule has 0 bridgehead atoms. The van der Waals surface area contributed by atoms with Crippen LogP contribution in [0.25, 0.3) is 10.4 Å². The topological polar surface area (TPSA) is 173 Å². The Kier molecular flexibility index (Phi) is 6.18. The number of likely N-dealkylation sites (tertiary alicyclic amines) is 1. The highest BCUT2D eigenvalue weighted by molar-refractivity contribution is 6.40. The van der Waals surface area contributed by atoms with Gasteiger partial charge in [0, 0.05) is 23.9 Å². The molecule has 3 atom stereocenters. The van der Waals surface area contributed by atoms with Crippen LogP contribution >= 0.6 is 0 Å². The minimum Gasteiger partial charge on any atom is -0.481 e. The van der Waals surface area contributed by atoms with Crippen molar-refractivity contribution in [3.63, 3.8) is 0 Å². The first-order chi connectivity index (χ1) is 10.2. The van der Waals surface area contributed by atoms with E-state index in [1.807, 2.05) is 0 Å². The highest BCUT2D eigenvalue weighted by atomic mass is 16.4. The summed E-state index contributed by atoms with van der Waals surface area (Å²) in [6, 6.07) is -0.782. The molecule has 22 heavy (non-hydrogen) atoms. The van der Waals surface area contributed by atoms with E-state index < -0.39 is 36.5 Å². The van der Waals surface area contributed by atoms with Gasteiger partial charge in [0.05, 0.1) is 6.04 Å². The van der Waals surface area contributed by atoms with Crippen molar-refractivity contribution in [2.24, 2.45) is 16.8 Å². The van der Waals surface area contributed by atoms with E-state index in [1.54, 1.807) is 0 Å². The number of nitrogens with two attached hydrogens (primary N) is 1. The van der Waals surface area contributed by atoms with Gasteiger partial charge in [0.1, 0.15) is 0 Å². The number of azide groups is 1. The first kappa shape index (κ1) is 18.2. The number of carbonyl (C=O) groups excluding carboxylic acids is 1. The maximum Gasteiger partial charge on any atom is 0.451 e. The summed E-state index contributed by atoms with van der Waals surface area (Å²) >= 11 is 0. The highest BCUT2D eigenvalue weighted by Crippen LogP contribution is 2.36. The fraction of sp³-hybridized carbons (Fsp3) is 0.818. The molecule has 0 aliphatic carbocycles. The lowest BCUT2D eigenvalue weighted by Gasteiger charge is -2.24. The molecule has 1 heterocycles. The summed E-state index contributed by atoms with van der Waals surface area (Å²) in [4.78, 5) is 27.5. The van der Waals surface area contributed by atoms with Crippen molar-refractivity contribution < 1.29 is 24.7 Å². The van der Waals surface area contributed by atoms with Crippen LogP contribution in [0.15, 0.2) is 5.11 Å². The van der Waals surface area contributed by atoms with Crippen LogP contribution in [-0.4, -0.2) is 63.7 Å². The molecule has 122 valence electrons. The number of carbonyl (C=O) groups is 2. The second kappa shape index (κ2) is 7.46. The lowest BCUT2D eigenvalue weighted by Crippen LogP contribution is -2.46. The van der Waals surface area contributed by atoms with Crippen molar-refractivity contribution in [1.82, 2.24) is 4.90 Å². The minimum atomic E-state index is -1.75. The van der Waals surface area contributed by atoms with Crippen molar-refractivity contribution in [1.29, 1.82) is 0 Å². The summed E-state index contributed by atoms with van der Waals surface area (Å²) in [5, 5.41) is 30.6. The normalized spacial score (nSPS) is 25.5. The molecule has 1 aliphatic heterocycles. The van der Waals surface area contributed by atoms with Gasteiger partial charge in [0.25, 0.3) is 0 Å². The Labute approximate surface area is 127 Å². The summed E-state index contributed by atoms with van der Waals surface area (Å²) in [6.45, 7) is 1.36. The average molecular weight is 313 g/mol. The minimum absolute atomic E-state index is 0.0731. The van der Waals surface area contributed by atoms with Gasteiger partial charge < -0.3 is 25.8 Å². The number of rotatable bonds is 7. The van der Waals surface area contributed by atoms with E-state index >= 15 is 0 Å². The van der Waals surface area contributed by atoms with Crippen molar-refractivity contribution >= 4 is 19.0 Å². The molecule has 0 unspecified atom stereocenters. The van der Waals surface area contributed by atoms with Crippen LogP contribution in [0.5, 0.6) is 0 Å². The van der Waals surface area contributed by atoms with Crippen molar-refractivity contribution in [2.75, 3.05) is 13.1 Å². The van der Waals surface area contributed by atoms with Gasteiger partial charge in [-0.2, -0.15) is 0 Å². The van der Waals surface area contributed by atoms with Crippen LogP contribution in [0.4, 0.5) is 0 Å². The Bertz CT molecular complexity index is 477. The Hall–Kier alpha value is -1.81. The number of aliphatic carboxylic acids is 1. The molecule has 5 N–H and O–H groups in total. The van der Waals surface area contributed by atoms with Crippen LogP contribution < -0.4 is 5.73 Å². The van der Waals surface area contributed by atoms with Gasteiger partial charge in [0.15, 0.2) is 5.54 Å². The van der Waals surface area contributed by atoms with Crippen LogP contribution in [0.2, 0.25) is 6.32 Å². The van der Waals surface area contributed by atoms with E-state index in [0.29, 0.717) is 6.42 Å². The number of amides is 1. The van der Waals surface area contributed by atoms with Crippen LogP contribution in [0.1, 0.15) is 19.8 Å². The summed E-state index contributed by atoms with van der Waals surface area (Å²) in [7, 11) is -1.48. The van der Waals surface area contributed by atoms with E-state index in [2.05, 4.69) is 10.0 Å². The van der Waals surface area contributed by atoms with Gasteiger partial charge >= 0.3 is 13.1 Å². The monoisotopic (exact) mass is 313 g/mol. The summed E-state index contributed by atoms with van der Waals surface area (Å²) < 4.78 is 0. The average Bonchev–Trinajstić information content (AvgIpc) is 2.78. The summed E-state index contributed by atoms with van der Waals surface area (Å²) in [5.41, 5.74) is 12.5. The quantitative estimate of drug-likeness (QED) is 0.207.